The van der Waals surface area contributed by atoms with Gasteiger partial charge in [0.25, 0.3) is 0 Å². The van der Waals surface area contributed by atoms with E-state index in [1.165, 1.54) is 57.1 Å². The van der Waals surface area contributed by atoms with Crippen molar-refractivity contribution in [1.82, 2.24) is 0 Å². The second-order valence-corrected chi connectivity index (χ2v) is 8.89. The first kappa shape index (κ1) is 22.9. The van der Waals surface area contributed by atoms with E-state index in [1.807, 2.05) is 0 Å². The molecule has 4 heteroatoms. The van der Waals surface area contributed by atoms with Crippen molar-refractivity contribution in [2.45, 2.75) is 109 Å². The van der Waals surface area contributed by atoms with Crippen LogP contribution in [0.3, 0.4) is 0 Å². The molecule has 2 aliphatic carbocycles. The van der Waals surface area contributed by atoms with Gasteiger partial charge in [0.05, 0.1) is 5.92 Å². The molecular formula is C24H38FNO2. The van der Waals surface area contributed by atoms with E-state index < -0.39 is 5.83 Å². The van der Waals surface area contributed by atoms with Crippen LogP contribution < -0.4 is 0 Å². The standard InChI is InChI=1S/C24H38FNO2/c1-2-3-4-5-7-19-10-14-21(15-11-19)24(27)28-23-16-12-20(13-17-23)8-6-9-22(25)18-26/h9,19-21,23H,2-8,10-17H2,1H3/t19-,20-,21-,23-. The number of esters is 1. The Morgan fingerprint density at radius 2 is 1.64 bits per heavy atom. The van der Waals surface area contributed by atoms with Gasteiger partial charge in [-0.1, -0.05) is 39.0 Å². The third-order valence-corrected chi connectivity index (χ3v) is 6.73. The monoisotopic (exact) mass is 391 g/mol. The summed E-state index contributed by atoms with van der Waals surface area (Å²) in [5.74, 6) is 0.839. The lowest BCUT2D eigenvalue weighted by molar-refractivity contribution is -0.157. The van der Waals surface area contributed by atoms with Crippen LogP contribution in [0.25, 0.3) is 0 Å². The molecule has 0 atom stereocenters. The average Bonchev–Trinajstić information content (AvgIpc) is 2.72. The number of nitrogens with zero attached hydrogens (tertiary/aromatic N) is 1. The molecule has 3 nitrogen and oxygen atoms in total. The van der Waals surface area contributed by atoms with Crippen LogP contribution in [0, 0.1) is 29.1 Å². The Hall–Kier alpha value is -1.37. The van der Waals surface area contributed by atoms with E-state index in [4.69, 9.17) is 10.00 Å². The minimum absolute atomic E-state index is 0.0342. The third kappa shape index (κ3) is 8.33. The fraction of sp³-hybridized carbons (Fsp3) is 0.833. The van der Waals surface area contributed by atoms with Crippen LogP contribution in [0.5, 0.6) is 0 Å². The molecule has 0 bridgehead atoms. The van der Waals surface area contributed by atoms with Crippen molar-refractivity contribution in [3.8, 4) is 6.07 Å². The lowest BCUT2D eigenvalue weighted by Crippen LogP contribution is -2.30. The normalized spacial score (nSPS) is 28.5. The highest BCUT2D eigenvalue weighted by molar-refractivity contribution is 5.72. The summed E-state index contributed by atoms with van der Waals surface area (Å²) in [5, 5.41) is 8.43. The maximum Gasteiger partial charge on any atom is 0.309 e. The highest BCUT2D eigenvalue weighted by atomic mass is 19.1. The molecule has 28 heavy (non-hydrogen) atoms. The van der Waals surface area contributed by atoms with Gasteiger partial charge in [-0.05, 0) is 82.1 Å². The minimum Gasteiger partial charge on any atom is -0.462 e. The molecule has 2 saturated carbocycles. The summed E-state index contributed by atoms with van der Waals surface area (Å²) in [4.78, 5) is 12.5. The zero-order valence-corrected chi connectivity index (χ0v) is 17.6. The van der Waals surface area contributed by atoms with E-state index in [0.717, 1.165) is 50.9 Å². The molecule has 0 aromatic carbocycles. The number of carbonyl (C=O) groups is 1. The smallest absolute Gasteiger partial charge is 0.309 e. The number of rotatable bonds is 10. The van der Waals surface area contributed by atoms with Gasteiger partial charge >= 0.3 is 5.97 Å². The van der Waals surface area contributed by atoms with Crippen molar-refractivity contribution in [3.63, 3.8) is 0 Å². The van der Waals surface area contributed by atoms with E-state index in [1.54, 1.807) is 0 Å². The Bertz CT molecular complexity index is 523. The van der Waals surface area contributed by atoms with Gasteiger partial charge in [-0.2, -0.15) is 9.65 Å². The van der Waals surface area contributed by atoms with Gasteiger partial charge in [0, 0.05) is 0 Å². The third-order valence-electron chi connectivity index (χ3n) is 6.73. The first-order valence-corrected chi connectivity index (χ1v) is 11.6. The zero-order chi connectivity index (χ0) is 20.2. The molecule has 0 spiro atoms. The Labute approximate surface area is 170 Å². The fourth-order valence-electron chi connectivity index (χ4n) is 4.84. The molecule has 0 amide bonds. The molecule has 2 aliphatic rings. The lowest BCUT2D eigenvalue weighted by Gasteiger charge is -2.31. The molecule has 0 saturated heterocycles. The Balaban J connectivity index is 1.58. The minimum atomic E-state index is -0.682. The van der Waals surface area contributed by atoms with Crippen LogP contribution in [0.15, 0.2) is 11.9 Å². The quantitative estimate of drug-likeness (QED) is 0.228. The lowest BCUT2D eigenvalue weighted by atomic mass is 9.79. The van der Waals surface area contributed by atoms with Crippen molar-refractivity contribution in [2.24, 2.45) is 17.8 Å². The van der Waals surface area contributed by atoms with Gasteiger partial charge in [-0.3, -0.25) is 4.79 Å². The molecule has 0 aromatic rings. The second-order valence-electron chi connectivity index (χ2n) is 8.89. The zero-order valence-electron chi connectivity index (χ0n) is 17.6. The van der Waals surface area contributed by atoms with Crippen LogP contribution in [0.4, 0.5) is 4.39 Å². The molecule has 0 aliphatic heterocycles. The van der Waals surface area contributed by atoms with E-state index in [9.17, 15) is 9.18 Å². The topological polar surface area (TPSA) is 50.1 Å². The van der Waals surface area contributed by atoms with Crippen molar-refractivity contribution in [3.05, 3.63) is 11.9 Å². The summed E-state index contributed by atoms with van der Waals surface area (Å²) in [6.07, 6.45) is 17.9. The average molecular weight is 392 g/mol. The van der Waals surface area contributed by atoms with E-state index in [2.05, 4.69) is 6.92 Å². The number of ether oxygens (including phenoxy) is 1. The summed E-state index contributed by atoms with van der Waals surface area (Å²) in [6, 6.07) is 1.52. The van der Waals surface area contributed by atoms with Crippen molar-refractivity contribution in [1.29, 1.82) is 5.26 Å². The van der Waals surface area contributed by atoms with E-state index in [0.29, 0.717) is 12.3 Å². The first-order valence-electron chi connectivity index (χ1n) is 11.6. The van der Waals surface area contributed by atoms with E-state index in [-0.39, 0.29) is 18.0 Å². The maximum absolute atomic E-state index is 12.8. The summed E-state index contributed by atoms with van der Waals surface area (Å²) < 4.78 is 18.7. The molecule has 158 valence electrons. The molecule has 0 aromatic heterocycles. The van der Waals surface area contributed by atoms with Crippen LogP contribution in [-0.2, 0) is 9.53 Å². The Morgan fingerprint density at radius 1 is 1.00 bits per heavy atom. The van der Waals surface area contributed by atoms with Gasteiger partial charge in [0.15, 0.2) is 5.83 Å². The molecule has 2 fully saturated rings. The number of hydrogen-bond acceptors (Lipinski definition) is 3. The van der Waals surface area contributed by atoms with Crippen molar-refractivity contribution < 1.29 is 13.9 Å². The van der Waals surface area contributed by atoms with Gasteiger partial charge < -0.3 is 4.74 Å². The Kier molecular flexibility index (Phi) is 10.6. The summed E-state index contributed by atoms with van der Waals surface area (Å²) >= 11 is 0. The molecule has 0 heterocycles. The molecule has 0 N–H and O–H groups in total. The predicted octanol–water partition coefficient (Wildman–Crippen LogP) is 7.02. The predicted molar refractivity (Wildman–Crippen MR) is 110 cm³/mol. The van der Waals surface area contributed by atoms with Crippen LogP contribution in [-0.4, -0.2) is 12.1 Å². The van der Waals surface area contributed by atoms with Crippen LogP contribution in [0.1, 0.15) is 103 Å². The molecule has 0 radical (unpaired) electrons. The fourth-order valence-corrected chi connectivity index (χ4v) is 4.84. The van der Waals surface area contributed by atoms with Gasteiger partial charge in [0.2, 0.25) is 0 Å². The number of halogens is 1. The number of nitriles is 1. The second kappa shape index (κ2) is 13.0. The summed E-state index contributed by atoms with van der Waals surface area (Å²) in [7, 11) is 0. The summed E-state index contributed by atoms with van der Waals surface area (Å²) in [5.41, 5.74) is 0. The van der Waals surface area contributed by atoms with E-state index >= 15 is 0 Å². The first-order chi connectivity index (χ1) is 13.6. The van der Waals surface area contributed by atoms with Gasteiger partial charge in [-0.25, -0.2) is 0 Å². The highest BCUT2D eigenvalue weighted by Gasteiger charge is 2.30. The SMILES string of the molecule is CCCCCC[C@H]1CC[C@H](C(=O)O[C@H]2CC[C@H](CCC=C(F)C#N)CC2)CC1. The number of hydrogen-bond donors (Lipinski definition) is 0. The highest BCUT2D eigenvalue weighted by Crippen LogP contribution is 2.35. The van der Waals surface area contributed by atoms with Crippen LogP contribution >= 0.6 is 0 Å². The number of unbranched alkanes of at least 4 members (excludes halogenated alkanes) is 3. The van der Waals surface area contributed by atoms with Gasteiger partial charge in [-0.15, -0.1) is 0 Å². The Morgan fingerprint density at radius 3 is 2.29 bits per heavy atom. The number of carbonyl (C=O) groups excluding carboxylic acids is 1. The molecule has 2 rings (SSSR count). The molecule has 0 unspecified atom stereocenters. The largest absolute Gasteiger partial charge is 0.462 e. The van der Waals surface area contributed by atoms with Crippen molar-refractivity contribution >= 4 is 5.97 Å². The van der Waals surface area contributed by atoms with Gasteiger partial charge in [0.1, 0.15) is 12.2 Å². The number of allylic oxidation sites excluding steroid dienone is 2. The molecular weight excluding hydrogens is 353 g/mol. The maximum atomic E-state index is 12.8. The van der Waals surface area contributed by atoms with Crippen LogP contribution in [0.2, 0.25) is 0 Å². The van der Waals surface area contributed by atoms with Crippen molar-refractivity contribution in [2.75, 3.05) is 0 Å². The summed E-state index contributed by atoms with van der Waals surface area (Å²) in [6.45, 7) is 2.25.